The van der Waals surface area contributed by atoms with Crippen LogP contribution >= 0.6 is 34.2 Å². The van der Waals surface area contributed by atoms with Crippen LogP contribution in [0.3, 0.4) is 0 Å². The maximum atomic E-state index is 11.8. The minimum atomic E-state index is -0.259. The van der Waals surface area contributed by atoms with E-state index in [2.05, 4.69) is 27.9 Å². The second-order valence-electron chi connectivity index (χ2n) is 4.03. The van der Waals surface area contributed by atoms with E-state index in [-0.39, 0.29) is 12.5 Å². The first-order valence-corrected chi connectivity index (χ1v) is 7.23. The first kappa shape index (κ1) is 14.9. The van der Waals surface area contributed by atoms with E-state index in [9.17, 15) is 4.79 Å². The van der Waals surface area contributed by atoms with Gasteiger partial charge in [-0.1, -0.05) is 17.7 Å². The van der Waals surface area contributed by atoms with E-state index in [1.165, 1.54) is 0 Å². The SMILES string of the molecule is Nc1cc(NC(=O)COc2cccc(I)c2)ccc1Cl. The highest BCUT2D eigenvalue weighted by molar-refractivity contribution is 14.1. The van der Waals surface area contributed by atoms with Crippen molar-refractivity contribution in [2.45, 2.75) is 0 Å². The van der Waals surface area contributed by atoms with Crippen molar-refractivity contribution in [3.8, 4) is 5.75 Å². The summed E-state index contributed by atoms with van der Waals surface area (Å²) in [6.07, 6.45) is 0. The van der Waals surface area contributed by atoms with Crippen LogP contribution in [0.5, 0.6) is 5.75 Å². The minimum Gasteiger partial charge on any atom is -0.484 e. The monoisotopic (exact) mass is 402 g/mol. The molecular weight excluding hydrogens is 391 g/mol. The fourth-order valence-corrected chi connectivity index (χ4v) is 2.16. The van der Waals surface area contributed by atoms with Crippen LogP contribution in [0.15, 0.2) is 42.5 Å². The molecule has 1 amide bonds. The molecule has 0 aliphatic rings. The Balaban J connectivity index is 1.91. The molecule has 0 saturated carbocycles. The molecule has 0 saturated heterocycles. The molecule has 0 fully saturated rings. The molecule has 0 heterocycles. The molecule has 3 N–H and O–H groups in total. The van der Waals surface area contributed by atoms with Crippen LogP contribution < -0.4 is 15.8 Å². The minimum absolute atomic E-state index is 0.0668. The molecule has 20 heavy (non-hydrogen) atoms. The van der Waals surface area contributed by atoms with Crippen molar-refractivity contribution in [3.05, 3.63) is 51.1 Å². The Kier molecular flexibility index (Phi) is 5.08. The van der Waals surface area contributed by atoms with E-state index in [4.69, 9.17) is 22.1 Å². The zero-order chi connectivity index (χ0) is 14.5. The van der Waals surface area contributed by atoms with Gasteiger partial charge in [-0.25, -0.2) is 0 Å². The summed E-state index contributed by atoms with van der Waals surface area (Å²) in [5.41, 5.74) is 6.67. The first-order valence-electron chi connectivity index (χ1n) is 5.78. The molecule has 0 radical (unpaired) electrons. The summed E-state index contributed by atoms with van der Waals surface area (Å²) in [6, 6.07) is 12.4. The number of nitrogens with one attached hydrogen (secondary N) is 1. The van der Waals surface area contributed by atoms with Crippen LogP contribution in [-0.4, -0.2) is 12.5 Å². The van der Waals surface area contributed by atoms with Crippen LogP contribution in [0.2, 0.25) is 5.02 Å². The van der Waals surface area contributed by atoms with E-state index < -0.39 is 0 Å². The first-order chi connectivity index (χ1) is 9.54. The lowest BCUT2D eigenvalue weighted by Crippen LogP contribution is -2.20. The van der Waals surface area contributed by atoms with Gasteiger partial charge in [0.1, 0.15) is 5.75 Å². The van der Waals surface area contributed by atoms with Gasteiger partial charge in [0.2, 0.25) is 0 Å². The molecule has 0 aliphatic carbocycles. The van der Waals surface area contributed by atoms with Crippen LogP contribution in [0.1, 0.15) is 0 Å². The lowest BCUT2D eigenvalue weighted by Gasteiger charge is -2.08. The summed E-state index contributed by atoms with van der Waals surface area (Å²) in [7, 11) is 0. The van der Waals surface area contributed by atoms with Gasteiger partial charge >= 0.3 is 0 Å². The van der Waals surface area contributed by atoms with Crippen molar-refractivity contribution < 1.29 is 9.53 Å². The highest BCUT2D eigenvalue weighted by Crippen LogP contribution is 2.22. The number of halogens is 2. The zero-order valence-corrected chi connectivity index (χ0v) is 13.3. The summed E-state index contributed by atoms with van der Waals surface area (Å²) in [5.74, 6) is 0.397. The molecular formula is C14H12ClIN2O2. The predicted molar refractivity (Wildman–Crippen MR) is 89.1 cm³/mol. The van der Waals surface area contributed by atoms with Crippen molar-refractivity contribution in [2.75, 3.05) is 17.7 Å². The third-order valence-corrected chi connectivity index (χ3v) is 3.46. The lowest BCUT2D eigenvalue weighted by atomic mass is 10.3. The molecule has 0 atom stereocenters. The van der Waals surface area contributed by atoms with Gasteiger partial charge in [0.05, 0.1) is 10.7 Å². The van der Waals surface area contributed by atoms with Crippen molar-refractivity contribution in [1.29, 1.82) is 0 Å². The molecule has 2 aromatic carbocycles. The number of carbonyl (C=O) groups excluding carboxylic acids is 1. The highest BCUT2D eigenvalue weighted by Gasteiger charge is 2.05. The predicted octanol–water partition coefficient (Wildman–Crippen LogP) is 3.54. The van der Waals surface area contributed by atoms with Crippen LogP contribution in [0, 0.1) is 3.57 Å². The van der Waals surface area contributed by atoms with Crippen molar-refractivity contribution in [1.82, 2.24) is 0 Å². The summed E-state index contributed by atoms with van der Waals surface area (Å²) in [5, 5.41) is 3.15. The molecule has 0 unspecified atom stereocenters. The van der Waals surface area contributed by atoms with Gasteiger partial charge in [-0.2, -0.15) is 0 Å². The number of amides is 1. The maximum Gasteiger partial charge on any atom is 0.262 e. The third kappa shape index (κ3) is 4.28. The van der Waals surface area contributed by atoms with Gasteiger partial charge in [0.25, 0.3) is 5.91 Å². The summed E-state index contributed by atoms with van der Waals surface area (Å²) >= 11 is 7.99. The quantitative estimate of drug-likeness (QED) is 0.607. The highest BCUT2D eigenvalue weighted by atomic mass is 127. The van der Waals surface area contributed by atoms with Crippen LogP contribution in [0.4, 0.5) is 11.4 Å². The number of nitrogen functional groups attached to an aromatic ring is 1. The van der Waals surface area contributed by atoms with Crippen molar-refractivity contribution in [2.24, 2.45) is 0 Å². The topological polar surface area (TPSA) is 64.3 Å². The number of rotatable bonds is 4. The molecule has 0 bridgehead atoms. The van der Waals surface area contributed by atoms with Gasteiger partial charge in [-0.05, 0) is 59.0 Å². The van der Waals surface area contributed by atoms with Crippen LogP contribution in [0.25, 0.3) is 0 Å². The number of benzene rings is 2. The number of nitrogens with two attached hydrogens (primary N) is 1. The second-order valence-corrected chi connectivity index (χ2v) is 5.68. The maximum absolute atomic E-state index is 11.8. The Morgan fingerprint density at radius 1 is 1.30 bits per heavy atom. The molecule has 0 aromatic heterocycles. The molecule has 0 spiro atoms. The number of anilines is 2. The number of hydrogen-bond acceptors (Lipinski definition) is 3. The van der Waals surface area contributed by atoms with Gasteiger partial charge in [-0.15, -0.1) is 0 Å². The Morgan fingerprint density at radius 3 is 2.80 bits per heavy atom. The number of hydrogen-bond donors (Lipinski definition) is 2. The van der Waals surface area contributed by atoms with Gasteiger partial charge in [0.15, 0.2) is 6.61 Å². The molecule has 2 rings (SSSR count). The summed E-state index contributed by atoms with van der Waals surface area (Å²) in [4.78, 5) is 11.8. The standard InChI is InChI=1S/C14H12ClIN2O2/c15-12-5-4-10(7-13(12)17)18-14(19)8-20-11-3-1-2-9(16)6-11/h1-7H,8,17H2,(H,18,19). The van der Waals surface area contributed by atoms with E-state index in [1.807, 2.05) is 18.2 Å². The number of ether oxygens (including phenoxy) is 1. The van der Waals surface area contributed by atoms with Crippen molar-refractivity contribution in [3.63, 3.8) is 0 Å². The van der Waals surface area contributed by atoms with E-state index in [1.54, 1.807) is 24.3 Å². The summed E-state index contributed by atoms with van der Waals surface area (Å²) < 4.78 is 6.45. The Morgan fingerprint density at radius 2 is 2.10 bits per heavy atom. The molecule has 2 aromatic rings. The Labute approximate surface area is 135 Å². The third-order valence-electron chi connectivity index (χ3n) is 2.45. The Hall–Kier alpha value is -1.47. The smallest absolute Gasteiger partial charge is 0.262 e. The molecule has 6 heteroatoms. The van der Waals surface area contributed by atoms with Gasteiger partial charge in [-0.3, -0.25) is 4.79 Å². The van der Waals surface area contributed by atoms with E-state index >= 15 is 0 Å². The molecule has 104 valence electrons. The van der Waals surface area contributed by atoms with E-state index in [0.29, 0.717) is 22.1 Å². The van der Waals surface area contributed by atoms with Gasteiger partial charge < -0.3 is 15.8 Å². The molecule has 0 aliphatic heterocycles. The van der Waals surface area contributed by atoms with Crippen molar-refractivity contribution >= 4 is 51.5 Å². The second kappa shape index (κ2) is 6.81. The summed E-state index contributed by atoms with van der Waals surface area (Å²) in [6.45, 7) is -0.0668. The normalized spacial score (nSPS) is 10.1. The number of carbonyl (C=O) groups is 1. The van der Waals surface area contributed by atoms with E-state index in [0.717, 1.165) is 3.57 Å². The fourth-order valence-electron chi connectivity index (χ4n) is 1.52. The zero-order valence-electron chi connectivity index (χ0n) is 10.4. The van der Waals surface area contributed by atoms with Crippen LogP contribution in [-0.2, 0) is 4.79 Å². The largest absolute Gasteiger partial charge is 0.484 e. The fraction of sp³-hybridized carbons (Fsp3) is 0.0714. The average Bonchev–Trinajstić information content (AvgIpc) is 2.41. The average molecular weight is 403 g/mol. The lowest BCUT2D eigenvalue weighted by molar-refractivity contribution is -0.118. The Bertz CT molecular complexity index is 634. The van der Waals surface area contributed by atoms with Gasteiger partial charge in [0, 0.05) is 9.26 Å². The molecule has 4 nitrogen and oxygen atoms in total.